The second-order valence-corrected chi connectivity index (χ2v) is 2.63. The molecule has 0 atom stereocenters. The van der Waals surface area contributed by atoms with Gasteiger partial charge < -0.3 is 0 Å². The van der Waals surface area contributed by atoms with Crippen LogP contribution in [0.4, 0.5) is 0 Å². The third-order valence-electron chi connectivity index (χ3n) is 1.49. The molecule has 66 valence electrons. The van der Waals surface area contributed by atoms with Crippen LogP contribution in [-0.2, 0) is 0 Å². The van der Waals surface area contributed by atoms with Gasteiger partial charge >= 0.3 is 0 Å². The molecule has 0 saturated heterocycles. The largest absolute Gasteiger partial charge is 0.198 e. The minimum absolute atomic E-state index is 0.640. The zero-order chi connectivity index (χ0) is 9.07. The van der Waals surface area contributed by atoms with Crippen molar-refractivity contribution in [2.75, 3.05) is 0 Å². The van der Waals surface area contributed by atoms with Crippen LogP contribution in [0.5, 0.6) is 0 Å². The zero-order valence-electron chi connectivity index (χ0n) is 7.79. The Labute approximate surface area is 75.4 Å². The van der Waals surface area contributed by atoms with E-state index in [-0.39, 0.29) is 0 Å². The van der Waals surface area contributed by atoms with E-state index in [1.165, 1.54) is 0 Å². The van der Waals surface area contributed by atoms with Crippen molar-refractivity contribution in [3.05, 3.63) is 24.3 Å². The van der Waals surface area contributed by atoms with Gasteiger partial charge in [-0.2, -0.15) is 5.26 Å². The fourth-order valence-corrected chi connectivity index (χ4v) is 0.861. The van der Waals surface area contributed by atoms with Crippen molar-refractivity contribution in [2.24, 2.45) is 0 Å². The Hall–Kier alpha value is -1.03. The van der Waals surface area contributed by atoms with Crippen LogP contribution in [-0.4, -0.2) is 0 Å². The van der Waals surface area contributed by atoms with E-state index in [0.29, 0.717) is 6.42 Å². The van der Waals surface area contributed by atoms with E-state index >= 15 is 0 Å². The molecule has 0 unspecified atom stereocenters. The monoisotopic (exact) mass is 163 g/mol. The summed E-state index contributed by atoms with van der Waals surface area (Å²) < 4.78 is 0. The van der Waals surface area contributed by atoms with Crippen molar-refractivity contribution in [3.8, 4) is 6.07 Å². The van der Waals surface area contributed by atoms with Gasteiger partial charge in [-0.3, -0.25) is 0 Å². The normalized spacial score (nSPS) is 11.0. The highest BCUT2D eigenvalue weighted by Gasteiger charge is 1.78. The highest BCUT2D eigenvalue weighted by atomic mass is 14.2. The summed E-state index contributed by atoms with van der Waals surface area (Å²) in [5, 5.41) is 8.24. The lowest BCUT2D eigenvalue weighted by Crippen LogP contribution is -1.67. The summed E-state index contributed by atoms with van der Waals surface area (Å²) in [6.07, 6.45) is 13.5. The molecule has 1 heteroatoms. The van der Waals surface area contributed by atoms with Gasteiger partial charge in [-0.15, -0.1) is 0 Å². The molecule has 0 amide bonds. The van der Waals surface area contributed by atoms with Crippen LogP contribution >= 0.6 is 0 Å². The molecule has 0 radical (unpaired) electrons. The molecule has 0 aliphatic heterocycles. The third-order valence-corrected chi connectivity index (χ3v) is 1.49. The maximum Gasteiger partial charge on any atom is 0.0624 e. The lowest BCUT2D eigenvalue weighted by Gasteiger charge is -1.86. The lowest BCUT2D eigenvalue weighted by atomic mass is 10.2. The summed E-state index contributed by atoms with van der Waals surface area (Å²) in [6, 6.07) is 2.11. The van der Waals surface area contributed by atoms with Gasteiger partial charge in [0, 0.05) is 6.42 Å². The van der Waals surface area contributed by atoms with E-state index in [4.69, 9.17) is 5.26 Å². The fourth-order valence-electron chi connectivity index (χ4n) is 0.861. The number of allylic oxidation sites excluding steroid dienone is 4. The fraction of sp³-hybridized carbons (Fsp3) is 0.545. The van der Waals surface area contributed by atoms with E-state index in [2.05, 4.69) is 37.3 Å². The number of nitrogens with zero attached hydrogens (tertiary/aromatic N) is 1. The van der Waals surface area contributed by atoms with Crippen molar-refractivity contribution in [1.82, 2.24) is 0 Å². The molecule has 0 aromatic carbocycles. The van der Waals surface area contributed by atoms with Crippen molar-refractivity contribution >= 4 is 0 Å². The summed E-state index contributed by atoms with van der Waals surface area (Å²) >= 11 is 0. The number of hydrogen-bond donors (Lipinski definition) is 0. The first-order valence-electron chi connectivity index (χ1n) is 4.58. The summed E-state index contributed by atoms with van der Waals surface area (Å²) in [5.41, 5.74) is 0. The summed E-state index contributed by atoms with van der Waals surface area (Å²) in [6.45, 7) is 2.14. The van der Waals surface area contributed by atoms with Crippen LogP contribution in [0.15, 0.2) is 24.3 Å². The molecule has 0 N–H and O–H groups in total. The molecule has 0 spiro atoms. The SMILES string of the molecule is CC/C=C/CC/C=C/CCC#N. The van der Waals surface area contributed by atoms with Crippen LogP contribution in [0, 0.1) is 11.3 Å². The van der Waals surface area contributed by atoms with Gasteiger partial charge in [0.2, 0.25) is 0 Å². The molecular formula is C11H17N. The van der Waals surface area contributed by atoms with Crippen LogP contribution in [0.1, 0.15) is 39.0 Å². The Balaban J connectivity index is 3.14. The predicted molar refractivity (Wildman–Crippen MR) is 52.7 cm³/mol. The molecule has 0 heterocycles. The molecule has 12 heavy (non-hydrogen) atoms. The lowest BCUT2D eigenvalue weighted by molar-refractivity contribution is 1.00. The van der Waals surface area contributed by atoms with Gasteiger partial charge in [-0.25, -0.2) is 0 Å². The van der Waals surface area contributed by atoms with E-state index < -0.39 is 0 Å². The average molecular weight is 163 g/mol. The van der Waals surface area contributed by atoms with Gasteiger partial charge in [-0.1, -0.05) is 31.2 Å². The Kier molecular flexibility index (Phi) is 9.11. The molecule has 0 aliphatic carbocycles. The second kappa shape index (κ2) is 9.97. The minimum atomic E-state index is 0.640. The minimum Gasteiger partial charge on any atom is -0.198 e. The van der Waals surface area contributed by atoms with Crippen LogP contribution in [0.3, 0.4) is 0 Å². The maximum atomic E-state index is 8.24. The van der Waals surface area contributed by atoms with E-state index in [9.17, 15) is 0 Å². The standard InChI is InChI=1S/C11H17N/c1-2-3-4-5-6-7-8-9-10-11-12/h3-4,7-8H,2,5-6,9-10H2,1H3/b4-3+,8-7+. The molecule has 0 saturated carbocycles. The van der Waals surface area contributed by atoms with Crippen molar-refractivity contribution in [2.45, 2.75) is 39.0 Å². The zero-order valence-corrected chi connectivity index (χ0v) is 7.79. The molecule has 0 aromatic rings. The first-order valence-corrected chi connectivity index (χ1v) is 4.58. The molecule has 0 fully saturated rings. The first-order chi connectivity index (χ1) is 5.91. The summed E-state index contributed by atoms with van der Waals surface area (Å²) in [4.78, 5) is 0. The topological polar surface area (TPSA) is 23.8 Å². The van der Waals surface area contributed by atoms with Crippen molar-refractivity contribution < 1.29 is 0 Å². The van der Waals surface area contributed by atoms with Gasteiger partial charge in [0.05, 0.1) is 6.07 Å². The van der Waals surface area contributed by atoms with Gasteiger partial charge in [0.15, 0.2) is 0 Å². The van der Waals surface area contributed by atoms with Gasteiger partial charge in [0.25, 0.3) is 0 Å². The quantitative estimate of drug-likeness (QED) is 0.433. The molecule has 0 aliphatic rings. The van der Waals surface area contributed by atoms with E-state index in [1.54, 1.807) is 0 Å². The predicted octanol–water partition coefficient (Wildman–Crippen LogP) is 3.59. The molecular weight excluding hydrogens is 146 g/mol. The molecule has 0 rings (SSSR count). The smallest absolute Gasteiger partial charge is 0.0624 e. The highest BCUT2D eigenvalue weighted by molar-refractivity contribution is 4.89. The Morgan fingerprint density at radius 2 is 1.58 bits per heavy atom. The number of rotatable bonds is 6. The van der Waals surface area contributed by atoms with Crippen LogP contribution < -0.4 is 0 Å². The maximum absolute atomic E-state index is 8.24. The van der Waals surface area contributed by atoms with Crippen LogP contribution in [0.25, 0.3) is 0 Å². The first kappa shape index (κ1) is 11.0. The molecule has 1 nitrogen and oxygen atoms in total. The van der Waals surface area contributed by atoms with Crippen molar-refractivity contribution in [3.63, 3.8) is 0 Å². The average Bonchev–Trinajstić information content (AvgIpc) is 2.10. The number of unbranched alkanes of at least 4 members (excludes halogenated alkanes) is 2. The number of nitriles is 1. The summed E-state index contributed by atoms with van der Waals surface area (Å²) in [5.74, 6) is 0. The van der Waals surface area contributed by atoms with E-state index in [0.717, 1.165) is 25.7 Å². The summed E-state index contributed by atoms with van der Waals surface area (Å²) in [7, 11) is 0. The Morgan fingerprint density at radius 1 is 1.00 bits per heavy atom. The molecule has 0 bridgehead atoms. The molecule has 0 aromatic heterocycles. The Morgan fingerprint density at radius 3 is 2.17 bits per heavy atom. The third kappa shape index (κ3) is 8.97. The Bertz CT molecular complexity index is 172. The highest BCUT2D eigenvalue weighted by Crippen LogP contribution is 1.96. The van der Waals surface area contributed by atoms with Crippen molar-refractivity contribution in [1.29, 1.82) is 5.26 Å². The van der Waals surface area contributed by atoms with Gasteiger partial charge in [0.1, 0.15) is 0 Å². The number of hydrogen-bond acceptors (Lipinski definition) is 1. The second-order valence-electron chi connectivity index (χ2n) is 2.63. The van der Waals surface area contributed by atoms with Gasteiger partial charge in [-0.05, 0) is 25.7 Å². The van der Waals surface area contributed by atoms with E-state index in [1.807, 2.05) is 0 Å². The van der Waals surface area contributed by atoms with Crippen LogP contribution in [0.2, 0.25) is 0 Å².